The first-order valence-corrected chi connectivity index (χ1v) is 6.67. The highest BCUT2D eigenvalue weighted by molar-refractivity contribution is 6.33. The van der Waals surface area contributed by atoms with Gasteiger partial charge in [-0.05, 0) is 31.0 Å². The van der Waals surface area contributed by atoms with Gasteiger partial charge in [0.15, 0.2) is 0 Å². The molecule has 3 nitrogen and oxygen atoms in total. The number of benzene rings is 1. The van der Waals surface area contributed by atoms with Crippen molar-refractivity contribution in [1.82, 2.24) is 0 Å². The molecule has 1 aromatic carbocycles. The Labute approximate surface area is 112 Å². The standard InChI is InChI=1S/C14H18ClNO2/c1-3-14(4-2)8-16(9-14)10-5-6-12(15)11(7-10)13(17)18/h5-7H,3-4,8-9H2,1-2H3,(H,17,18). The maximum Gasteiger partial charge on any atom is 0.337 e. The Hall–Kier alpha value is -1.22. The number of aromatic carboxylic acids is 1. The fourth-order valence-corrected chi connectivity index (χ4v) is 2.72. The lowest BCUT2D eigenvalue weighted by Crippen LogP contribution is -2.55. The van der Waals surface area contributed by atoms with Crippen LogP contribution in [0.3, 0.4) is 0 Å². The Morgan fingerprint density at radius 1 is 1.39 bits per heavy atom. The molecule has 0 spiro atoms. The molecule has 0 aromatic heterocycles. The van der Waals surface area contributed by atoms with E-state index in [-0.39, 0.29) is 5.56 Å². The van der Waals surface area contributed by atoms with Gasteiger partial charge in [0.1, 0.15) is 0 Å². The molecule has 0 amide bonds. The quantitative estimate of drug-likeness (QED) is 0.905. The van der Waals surface area contributed by atoms with E-state index in [1.165, 1.54) is 12.8 Å². The van der Waals surface area contributed by atoms with Crippen molar-refractivity contribution in [2.24, 2.45) is 5.41 Å². The molecule has 0 aliphatic carbocycles. The van der Waals surface area contributed by atoms with Crippen LogP contribution in [-0.4, -0.2) is 24.2 Å². The van der Waals surface area contributed by atoms with Crippen molar-refractivity contribution in [2.45, 2.75) is 26.7 Å². The van der Waals surface area contributed by atoms with Crippen molar-refractivity contribution < 1.29 is 9.90 Å². The van der Waals surface area contributed by atoms with E-state index < -0.39 is 5.97 Å². The first kappa shape index (κ1) is 13.2. The summed E-state index contributed by atoms with van der Waals surface area (Å²) in [5.41, 5.74) is 1.54. The second-order valence-corrected chi connectivity index (χ2v) is 5.44. The van der Waals surface area contributed by atoms with Crippen molar-refractivity contribution in [3.05, 3.63) is 28.8 Å². The highest BCUT2D eigenvalue weighted by atomic mass is 35.5. The normalized spacial score (nSPS) is 17.4. The summed E-state index contributed by atoms with van der Waals surface area (Å²) < 4.78 is 0. The average molecular weight is 268 g/mol. The zero-order chi connectivity index (χ0) is 13.3. The number of carboxylic acids is 1. The Morgan fingerprint density at radius 2 is 2.00 bits per heavy atom. The molecular formula is C14H18ClNO2. The molecule has 0 saturated carbocycles. The molecule has 1 aromatic rings. The van der Waals surface area contributed by atoms with E-state index in [1.807, 2.05) is 6.07 Å². The van der Waals surface area contributed by atoms with Gasteiger partial charge in [-0.15, -0.1) is 0 Å². The molecular weight excluding hydrogens is 250 g/mol. The van der Waals surface area contributed by atoms with Crippen LogP contribution in [0, 0.1) is 5.41 Å². The zero-order valence-electron chi connectivity index (χ0n) is 10.7. The van der Waals surface area contributed by atoms with Crippen LogP contribution in [0.4, 0.5) is 5.69 Å². The smallest absolute Gasteiger partial charge is 0.337 e. The number of nitrogens with zero attached hydrogens (tertiary/aromatic N) is 1. The zero-order valence-corrected chi connectivity index (χ0v) is 11.5. The van der Waals surface area contributed by atoms with Gasteiger partial charge in [0, 0.05) is 24.2 Å². The molecule has 1 N–H and O–H groups in total. The Balaban J connectivity index is 2.17. The minimum atomic E-state index is -0.973. The first-order chi connectivity index (χ1) is 8.51. The highest BCUT2D eigenvalue weighted by Gasteiger charge is 2.39. The summed E-state index contributed by atoms with van der Waals surface area (Å²) in [7, 11) is 0. The van der Waals surface area contributed by atoms with Crippen molar-refractivity contribution in [1.29, 1.82) is 0 Å². The molecule has 18 heavy (non-hydrogen) atoms. The number of carboxylic acid groups (broad SMARTS) is 1. The lowest BCUT2D eigenvalue weighted by atomic mass is 9.75. The van der Waals surface area contributed by atoms with Crippen LogP contribution in [0.15, 0.2) is 18.2 Å². The second kappa shape index (κ2) is 4.81. The van der Waals surface area contributed by atoms with Crippen molar-refractivity contribution in [2.75, 3.05) is 18.0 Å². The van der Waals surface area contributed by atoms with Crippen LogP contribution in [0.2, 0.25) is 5.02 Å². The summed E-state index contributed by atoms with van der Waals surface area (Å²) in [6.07, 6.45) is 2.33. The summed E-state index contributed by atoms with van der Waals surface area (Å²) >= 11 is 5.87. The van der Waals surface area contributed by atoms with Crippen LogP contribution in [0.5, 0.6) is 0 Å². The molecule has 2 rings (SSSR count). The van der Waals surface area contributed by atoms with Gasteiger partial charge in [-0.3, -0.25) is 0 Å². The maximum atomic E-state index is 11.0. The van der Waals surface area contributed by atoms with Crippen LogP contribution >= 0.6 is 11.6 Å². The van der Waals surface area contributed by atoms with Crippen molar-refractivity contribution in [3.63, 3.8) is 0 Å². The Kier molecular flexibility index (Phi) is 3.53. The molecule has 4 heteroatoms. The first-order valence-electron chi connectivity index (χ1n) is 6.29. The van der Waals surface area contributed by atoms with E-state index in [0.717, 1.165) is 18.8 Å². The number of anilines is 1. The number of hydrogen-bond acceptors (Lipinski definition) is 2. The number of rotatable bonds is 4. The second-order valence-electron chi connectivity index (χ2n) is 5.03. The van der Waals surface area contributed by atoms with Gasteiger partial charge >= 0.3 is 5.97 Å². The van der Waals surface area contributed by atoms with Crippen LogP contribution in [-0.2, 0) is 0 Å². The average Bonchev–Trinajstić information content (AvgIpc) is 2.30. The van der Waals surface area contributed by atoms with Gasteiger partial charge in [-0.25, -0.2) is 4.79 Å². The third-order valence-corrected chi connectivity index (χ3v) is 4.43. The van der Waals surface area contributed by atoms with Gasteiger partial charge in [0.25, 0.3) is 0 Å². The Morgan fingerprint density at radius 3 is 2.50 bits per heavy atom. The molecule has 0 atom stereocenters. The maximum absolute atomic E-state index is 11.0. The van der Waals surface area contributed by atoms with E-state index in [2.05, 4.69) is 18.7 Å². The minimum Gasteiger partial charge on any atom is -0.478 e. The molecule has 1 aliphatic heterocycles. The van der Waals surface area contributed by atoms with Gasteiger partial charge in [0.05, 0.1) is 10.6 Å². The summed E-state index contributed by atoms with van der Waals surface area (Å²) in [4.78, 5) is 13.3. The van der Waals surface area contributed by atoms with E-state index in [0.29, 0.717) is 10.4 Å². The Bertz CT molecular complexity index is 461. The van der Waals surface area contributed by atoms with E-state index in [4.69, 9.17) is 16.7 Å². The largest absolute Gasteiger partial charge is 0.478 e. The third kappa shape index (κ3) is 2.19. The highest BCUT2D eigenvalue weighted by Crippen LogP contribution is 2.40. The monoisotopic (exact) mass is 267 g/mol. The molecule has 0 radical (unpaired) electrons. The van der Waals surface area contributed by atoms with Crippen LogP contribution in [0.25, 0.3) is 0 Å². The number of carbonyl (C=O) groups is 1. The van der Waals surface area contributed by atoms with E-state index in [9.17, 15) is 4.79 Å². The molecule has 98 valence electrons. The van der Waals surface area contributed by atoms with Gasteiger partial charge in [-0.1, -0.05) is 25.4 Å². The number of hydrogen-bond donors (Lipinski definition) is 1. The van der Waals surface area contributed by atoms with Gasteiger partial charge in [-0.2, -0.15) is 0 Å². The lowest BCUT2D eigenvalue weighted by molar-refractivity contribution is 0.0697. The lowest BCUT2D eigenvalue weighted by Gasteiger charge is -2.51. The predicted molar refractivity (Wildman–Crippen MR) is 73.6 cm³/mol. The van der Waals surface area contributed by atoms with Gasteiger partial charge in [0.2, 0.25) is 0 Å². The van der Waals surface area contributed by atoms with E-state index in [1.54, 1.807) is 12.1 Å². The molecule has 1 heterocycles. The summed E-state index contributed by atoms with van der Waals surface area (Å²) in [5.74, 6) is -0.973. The van der Waals surface area contributed by atoms with Crippen molar-refractivity contribution >= 4 is 23.3 Å². The fraction of sp³-hybridized carbons (Fsp3) is 0.500. The number of halogens is 1. The topological polar surface area (TPSA) is 40.5 Å². The summed E-state index contributed by atoms with van der Waals surface area (Å²) in [6.45, 7) is 6.43. The predicted octanol–water partition coefficient (Wildman–Crippen LogP) is 3.66. The van der Waals surface area contributed by atoms with E-state index >= 15 is 0 Å². The SMILES string of the molecule is CCC1(CC)CN(c2ccc(Cl)c(C(=O)O)c2)C1. The summed E-state index contributed by atoms with van der Waals surface area (Å²) in [5, 5.41) is 9.35. The van der Waals surface area contributed by atoms with Gasteiger partial charge < -0.3 is 10.0 Å². The van der Waals surface area contributed by atoms with Crippen LogP contribution < -0.4 is 4.90 Å². The molecule has 1 fully saturated rings. The molecule has 1 aliphatic rings. The van der Waals surface area contributed by atoms with Crippen LogP contribution in [0.1, 0.15) is 37.0 Å². The van der Waals surface area contributed by atoms with Crippen molar-refractivity contribution in [3.8, 4) is 0 Å². The molecule has 0 unspecified atom stereocenters. The fourth-order valence-electron chi connectivity index (χ4n) is 2.52. The summed E-state index contributed by atoms with van der Waals surface area (Å²) in [6, 6.07) is 5.22. The minimum absolute atomic E-state index is 0.180. The molecule has 1 saturated heterocycles. The third-order valence-electron chi connectivity index (χ3n) is 4.10. The molecule has 0 bridgehead atoms.